The molecule has 1 aliphatic rings. The van der Waals surface area contributed by atoms with Gasteiger partial charge in [0.25, 0.3) is 0 Å². The van der Waals surface area contributed by atoms with Crippen LogP contribution in [-0.2, 0) is 24.1 Å². The van der Waals surface area contributed by atoms with Gasteiger partial charge in [-0.2, -0.15) is 0 Å². The molecule has 0 radical (unpaired) electrons. The van der Waals surface area contributed by atoms with Crippen molar-refractivity contribution in [3.63, 3.8) is 0 Å². The van der Waals surface area contributed by atoms with E-state index in [9.17, 15) is 4.79 Å². The first-order valence-electron chi connectivity index (χ1n) is 7.74. The molecule has 0 saturated heterocycles. The fraction of sp³-hybridized carbons (Fsp3) is 0.588. The van der Waals surface area contributed by atoms with E-state index < -0.39 is 0 Å². The van der Waals surface area contributed by atoms with Crippen molar-refractivity contribution in [2.45, 2.75) is 57.9 Å². The van der Waals surface area contributed by atoms with Crippen molar-refractivity contribution in [1.29, 1.82) is 0 Å². The van der Waals surface area contributed by atoms with Crippen LogP contribution in [0.4, 0.5) is 0 Å². The summed E-state index contributed by atoms with van der Waals surface area (Å²) < 4.78 is 0. The number of aryl methyl sites for hydroxylation is 2. The van der Waals surface area contributed by atoms with Crippen LogP contribution in [0.25, 0.3) is 0 Å². The second-order valence-electron chi connectivity index (χ2n) is 5.87. The van der Waals surface area contributed by atoms with Gasteiger partial charge in [0.2, 0.25) is 5.91 Å². The van der Waals surface area contributed by atoms with Crippen molar-refractivity contribution in [3.05, 3.63) is 34.9 Å². The molecule has 0 unspecified atom stereocenters. The summed E-state index contributed by atoms with van der Waals surface area (Å²) in [6.07, 6.45) is 5.78. The molecule has 3 nitrogen and oxygen atoms in total. The highest BCUT2D eigenvalue weighted by atomic mass is 35.5. The number of benzene rings is 1. The molecule has 4 heteroatoms. The molecule has 0 aliphatic heterocycles. The lowest BCUT2D eigenvalue weighted by Crippen LogP contribution is -2.53. The summed E-state index contributed by atoms with van der Waals surface area (Å²) in [6, 6.07) is 6.47. The van der Waals surface area contributed by atoms with E-state index >= 15 is 0 Å². The second-order valence-corrected chi connectivity index (χ2v) is 5.87. The van der Waals surface area contributed by atoms with Crippen LogP contribution in [-0.4, -0.2) is 18.0 Å². The number of amides is 1. The first-order valence-corrected chi connectivity index (χ1v) is 7.74. The zero-order valence-electron chi connectivity index (χ0n) is 13.1. The fourth-order valence-electron chi connectivity index (χ4n) is 3.03. The summed E-state index contributed by atoms with van der Waals surface area (Å²) in [7, 11) is 0. The molecular formula is C17H27ClN2O. The van der Waals surface area contributed by atoms with Crippen molar-refractivity contribution in [2.75, 3.05) is 6.54 Å². The van der Waals surface area contributed by atoms with E-state index in [1.165, 1.54) is 24.0 Å². The summed E-state index contributed by atoms with van der Waals surface area (Å²) in [5.41, 5.74) is 9.57. The lowest BCUT2D eigenvalue weighted by Gasteiger charge is -2.31. The molecule has 21 heavy (non-hydrogen) atoms. The molecule has 2 rings (SSSR count). The van der Waals surface area contributed by atoms with Crippen molar-refractivity contribution in [3.8, 4) is 0 Å². The SMILES string of the molecule is CCC(CC)(CN)NC(=O)Cc1ccc2c(c1)CCC2.Cl. The Morgan fingerprint density at radius 3 is 2.52 bits per heavy atom. The number of rotatable bonds is 6. The maximum absolute atomic E-state index is 12.2. The van der Waals surface area contributed by atoms with E-state index in [1.807, 2.05) is 0 Å². The predicted molar refractivity (Wildman–Crippen MR) is 89.9 cm³/mol. The number of hydrogen-bond acceptors (Lipinski definition) is 2. The van der Waals surface area contributed by atoms with Gasteiger partial charge in [0.05, 0.1) is 12.0 Å². The number of halogens is 1. The Kier molecular flexibility index (Phi) is 6.69. The first kappa shape index (κ1) is 18.0. The zero-order valence-corrected chi connectivity index (χ0v) is 13.9. The molecule has 0 bridgehead atoms. The van der Waals surface area contributed by atoms with Crippen LogP contribution in [0.3, 0.4) is 0 Å². The average Bonchev–Trinajstić information content (AvgIpc) is 2.92. The minimum atomic E-state index is -0.242. The summed E-state index contributed by atoms with van der Waals surface area (Å²) in [6.45, 7) is 4.65. The molecule has 1 aliphatic carbocycles. The Balaban J connectivity index is 0.00000220. The number of hydrogen-bond donors (Lipinski definition) is 2. The molecule has 1 amide bonds. The fourth-order valence-corrected chi connectivity index (χ4v) is 3.03. The monoisotopic (exact) mass is 310 g/mol. The molecule has 1 aromatic rings. The summed E-state index contributed by atoms with van der Waals surface area (Å²) in [5, 5.41) is 3.13. The van der Waals surface area contributed by atoms with Crippen LogP contribution in [0.15, 0.2) is 18.2 Å². The highest BCUT2D eigenvalue weighted by molar-refractivity contribution is 5.85. The molecule has 118 valence electrons. The highest BCUT2D eigenvalue weighted by Crippen LogP contribution is 2.23. The minimum absolute atomic E-state index is 0. The van der Waals surface area contributed by atoms with Gasteiger partial charge in [-0.15, -0.1) is 12.4 Å². The van der Waals surface area contributed by atoms with E-state index in [1.54, 1.807) is 0 Å². The molecule has 0 heterocycles. The van der Waals surface area contributed by atoms with E-state index in [0.717, 1.165) is 24.8 Å². The van der Waals surface area contributed by atoms with Crippen LogP contribution in [0, 0.1) is 0 Å². The highest BCUT2D eigenvalue weighted by Gasteiger charge is 2.26. The van der Waals surface area contributed by atoms with E-state index in [0.29, 0.717) is 13.0 Å². The van der Waals surface area contributed by atoms with Gasteiger partial charge < -0.3 is 11.1 Å². The van der Waals surface area contributed by atoms with Crippen LogP contribution in [0.1, 0.15) is 49.8 Å². The Labute approximate surface area is 134 Å². The Hall–Kier alpha value is -1.06. The van der Waals surface area contributed by atoms with Gasteiger partial charge in [0.15, 0.2) is 0 Å². The quantitative estimate of drug-likeness (QED) is 0.849. The second kappa shape index (κ2) is 7.81. The molecule has 0 fully saturated rings. The third kappa shape index (κ3) is 4.21. The smallest absolute Gasteiger partial charge is 0.224 e. The van der Waals surface area contributed by atoms with Gasteiger partial charge in [0, 0.05) is 6.54 Å². The number of nitrogens with one attached hydrogen (secondary N) is 1. The van der Waals surface area contributed by atoms with Gasteiger partial charge >= 0.3 is 0 Å². The van der Waals surface area contributed by atoms with Crippen molar-refractivity contribution in [2.24, 2.45) is 5.73 Å². The average molecular weight is 311 g/mol. The van der Waals surface area contributed by atoms with Crippen molar-refractivity contribution < 1.29 is 4.79 Å². The van der Waals surface area contributed by atoms with Crippen LogP contribution >= 0.6 is 12.4 Å². The van der Waals surface area contributed by atoms with Crippen LogP contribution < -0.4 is 11.1 Å². The molecule has 1 aromatic carbocycles. The van der Waals surface area contributed by atoms with Crippen molar-refractivity contribution >= 4 is 18.3 Å². The van der Waals surface area contributed by atoms with Gasteiger partial charge in [0.1, 0.15) is 0 Å². The largest absolute Gasteiger partial charge is 0.349 e. The molecule has 0 saturated carbocycles. The normalized spacial score (nSPS) is 13.5. The van der Waals surface area contributed by atoms with E-state index in [-0.39, 0.29) is 23.9 Å². The molecule has 3 N–H and O–H groups in total. The van der Waals surface area contributed by atoms with Gasteiger partial charge in [-0.05, 0) is 48.8 Å². The number of carbonyl (C=O) groups excluding carboxylic acids is 1. The summed E-state index contributed by atoms with van der Waals surface area (Å²) in [5.74, 6) is 0.0806. The van der Waals surface area contributed by atoms with Crippen LogP contribution in [0.2, 0.25) is 0 Å². The third-order valence-corrected chi connectivity index (χ3v) is 4.68. The Morgan fingerprint density at radius 2 is 1.90 bits per heavy atom. The summed E-state index contributed by atoms with van der Waals surface area (Å²) in [4.78, 5) is 12.2. The standard InChI is InChI=1S/C17H26N2O.ClH/c1-3-17(4-2,12-18)19-16(20)11-13-8-9-14-6-5-7-15(14)10-13;/h8-10H,3-7,11-12,18H2,1-2H3,(H,19,20);1H. The lowest BCUT2D eigenvalue weighted by atomic mass is 9.92. The van der Waals surface area contributed by atoms with Gasteiger partial charge in [-0.25, -0.2) is 0 Å². The topological polar surface area (TPSA) is 55.1 Å². The number of carbonyl (C=O) groups is 1. The van der Waals surface area contributed by atoms with Gasteiger partial charge in [-0.3, -0.25) is 4.79 Å². The lowest BCUT2D eigenvalue weighted by molar-refractivity contribution is -0.122. The minimum Gasteiger partial charge on any atom is -0.349 e. The Bertz CT molecular complexity index is 475. The van der Waals surface area contributed by atoms with Crippen molar-refractivity contribution in [1.82, 2.24) is 5.32 Å². The van der Waals surface area contributed by atoms with E-state index in [4.69, 9.17) is 5.73 Å². The maximum atomic E-state index is 12.2. The molecule has 0 aromatic heterocycles. The Morgan fingerprint density at radius 1 is 1.24 bits per heavy atom. The van der Waals surface area contributed by atoms with E-state index in [2.05, 4.69) is 37.4 Å². The van der Waals surface area contributed by atoms with Gasteiger partial charge in [-0.1, -0.05) is 32.0 Å². The molecular weight excluding hydrogens is 284 g/mol. The maximum Gasteiger partial charge on any atom is 0.224 e. The predicted octanol–water partition coefficient (Wildman–Crippen LogP) is 2.77. The number of fused-ring (bicyclic) bond motifs is 1. The molecule has 0 atom stereocenters. The summed E-state index contributed by atoms with van der Waals surface area (Å²) >= 11 is 0. The third-order valence-electron chi connectivity index (χ3n) is 4.68. The zero-order chi connectivity index (χ0) is 14.6. The number of nitrogens with two attached hydrogens (primary N) is 1. The molecule has 0 spiro atoms. The van der Waals surface area contributed by atoms with Crippen LogP contribution in [0.5, 0.6) is 0 Å². The first-order chi connectivity index (χ1) is 9.62.